The first-order valence-electron chi connectivity index (χ1n) is 24.2. The van der Waals surface area contributed by atoms with Crippen LogP contribution in [0.2, 0.25) is 0 Å². The van der Waals surface area contributed by atoms with E-state index >= 15 is 0 Å². The van der Waals surface area contributed by atoms with Gasteiger partial charge in [-0.2, -0.15) is 0 Å². The van der Waals surface area contributed by atoms with Gasteiger partial charge in [-0.3, -0.25) is 0 Å². The number of unbranched alkanes of at least 4 members (excludes halogenated alkanes) is 28. The van der Waals surface area contributed by atoms with E-state index in [1.807, 2.05) is 12.1 Å². The average Bonchev–Trinajstić information content (AvgIpc) is 3.17. The van der Waals surface area contributed by atoms with Crippen molar-refractivity contribution in [1.82, 2.24) is 0 Å². The monoisotopic (exact) mass is 738 g/mol. The predicted octanol–water partition coefficient (Wildman–Crippen LogP) is 15.9. The second kappa shape index (κ2) is 32.1. The molecule has 0 amide bonds. The van der Waals surface area contributed by atoms with Crippen molar-refractivity contribution in [2.75, 3.05) is 12.3 Å². The molecule has 3 nitrogen and oxygen atoms in total. The van der Waals surface area contributed by atoms with Crippen LogP contribution in [0, 0.1) is 5.41 Å². The second-order valence-electron chi connectivity index (χ2n) is 17.6. The highest BCUT2D eigenvalue weighted by Crippen LogP contribution is 2.52. The Kier molecular flexibility index (Phi) is 29.2. The van der Waals surface area contributed by atoms with Crippen molar-refractivity contribution in [2.45, 2.75) is 264 Å². The van der Waals surface area contributed by atoms with Gasteiger partial charge in [0.25, 0.3) is 0 Å². The lowest BCUT2D eigenvalue weighted by atomic mass is 9.58. The average molecular weight is 738 g/mol. The third kappa shape index (κ3) is 20.7. The van der Waals surface area contributed by atoms with Crippen molar-refractivity contribution < 1.29 is 9.31 Å². The zero-order valence-corrected chi connectivity index (χ0v) is 36.4. The highest BCUT2D eigenvalue weighted by atomic mass is 16.6. The Balaban J connectivity index is 2.30. The summed E-state index contributed by atoms with van der Waals surface area (Å²) in [5.74, 6) is 0. The summed E-state index contributed by atoms with van der Waals surface area (Å²) in [4.78, 5) is 0. The summed E-state index contributed by atoms with van der Waals surface area (Å²) in [6, 6.07) is 8.37. The Bertz CT molecular complexity index is 895. The molecule has 1 heterocycles. The smallest absolute Gasteiger partial charge is 0.407 e. The van der Waals surface area contributed by atoms with Gasteiger partial charge < -0.3 is 15.0 Å². The molecule has 0 atom stereocenters. The zero-order valence-electron chi connectivity index (χ0n) is 36.4. The lowest BCUT2D eigenvalue weighted by Crippen LogP contribution is -2.63. The van der Waals surface area contributed by atoms with Crippen molar-refractivity contribution in [3.05, 3.63) is 24.3 Å². The fourth-order valence-corrected chi connectivity index (χ4v) is 9.33. The topological polar surface area (TPSA) is 44.5 Å². The van der Waals surface area contributed by atoms with Crippen molar-refractivity contribution in [1.29, 1.82) is 0 Å². The number of rotatable bonds is 37. The number of anilines is 1. The molecule has 4 heteroatoms. The lowest BCUT2D eigenvalue weighted by Gasteiger charge is -2.56. The molecule has 0 aliphatic carbocycles. The van der Waals surface area contributed by atoms with E-state index in [9.17, 15) is 0 Å². The van der Waals surface area contributed by atoms with Crippen LogP contribution in [0.4, 0.5) is 5.69 Å². The fourth-order valence-electron chi connectivity index (χ4n) is 9.33. The van der Waals surface area contributed by atoms with Crippen molar-refractivity contribution >= 4 is 18.3 Å². The number of hydrogen-bond donors (Lipinski definition) is 1. The molecular weight excluding hydrogens is 645 g/mol. The minimum absolute atomic E-state index is 0.101. The van der Waals surface area contributed by atoms with Crippen LogP contribution in [-0.2, 0) is 9.31 Å². The Morgan fingerprint density at radius 2 is 0.736 bits per heavy atom. The molecule has 0 unspecified atom stereocenters. The third-order valence-corrected chi connectivity index (χ3v) is 12.9. The Hall–Kier alpha value is -0.995. The first-order chi connectivity index (χ1) is 26.1. The van der Waals surface area contributed by atoms with Crippen LogP contribution < -0.4 is 11.2 Å². The van der Waals surface area contributed by atoms with Crippen LogP contribution in [0.25, 0.3) is 0 Å². The molecule has 1 aromatic carbocycles. The standard InChI is InChI=1S/C49H92BNO2/c1-5-9-13-17-21-25-29-33-41-48(42-34-30-26-22-18-14-10-6-2)45-52-50(46-37-39-47(51)40-38-46)53-49(48,43-35-31-27-23-19-15-11-7-3)44-36-32-28-24-20-16-12-8-4/h37-40H,5-36,41-45,51H2,1-4H3. The van der Waals surface area contributed by atoms with Gasteiger partial charge in [0.05, 0.1) is 5.60 Å². The Morgan fingerprint density at radius 3 is 1.08 bits per heavy atom. The van der Waals surface area contributed by atoms with Crippen LogP contribution >= 0.6 is 0 Å². The van der Waals surface area contributed by atoms with E-state index in [-0.39, 0.29) is 18.1 Å². The third-order valence-electron chi connectivity index (χ3n) is 12.9. The molecule has 0 radical (unpaired) electrons. The minimum Gasteiger partial charge on any atom is -0.407 e. The molecule has 1 aromatic rings. The zero-order chi connectivity index (χ0) is 38.1. The maximum absolute atomic E-state index is 7.62. The number of hydrogen-bond acceptors (Lipinski definition) is 3. The molecule has 1 fully saturated rings. The maximum Gasteiger partial charge on any atom is 0.494 e. The first-order valence-corrected chi connectivity index (χ1v) is 24.2. The largest absolute Gasteiger partial charge is 0.494 e. The molecule has 53 heavy (non-hydrogen) atoms. The highest BCUT2D eigenvalue weighted by Gasteiger charge is 2.56. The highest BCUT2D eigenvalue weighted by molar-refractivity contribution is 6.61. The normalized spacial score (nSPS) is 15.4. The van der Waals surface area contributed by atoms with E-state index in [0.29, 0.717) is 0 Å². The molecule has 0 aromatic heterocycles. The van der Waals surface area contributed by atoms with Gasteiger partial charge in [0.2, 0.25) is 0 Å². The minimum atomic E-state index is -0.288. The van der Waals surface area contributed by atoms with E-state index in [2.05, 4.69) is 39.8 Å². The molecule has 0 bridgehead atoms. The second-order valence-corrected chi connectivity index (χ2v) is 17.6. The SMILES string of the molecule is CCCCCCCCCCC1(CCCCCCCCCC)COB(c2ccc(N)cc2)OC1(CCCCCCCCCC)CCCCCCCCCC. The van der Waals surface area contributed by atoms with Gasteiger partial charge in [-0.25, -0.2) is 0 Å². The first kappa shape index (κ1) is 48.2. The van der Waals surface area contributed by atoms with Gasteiger partial charge in [0.15, 0.2) is 0 Å². The molecule has 0 saturated carbocycles. The van der Waals surface area contributed by atoms with E-state index in [1.165, 1.54) is 231 Å². The maximum atomic E-state index is 7.62. The number of nitrogen functional groups attached to an aromatic ring is 1. The van der Waals surface area contributed by atoms with Gasteiger partial charge in [0, 0.05) is 17.7 Å². The van der Waals surface area contributed by atoms with Crippen LogP contribution in [-0.4, -0.2) is 19.3 Å². The molecule has 0 spiro atoms. The summed E-state index contributed by atoms with van der Waals surface area (Å²) in [6.07, 6.45) is 48.8. The Labute approximate surface area is 333 Å². The van der Waals surface area contributed by atoms with Crippen LogP contribution in [0.5, 0.6) is 0 Å². The van der Waals surface area contributed by atoms with Gasteiger partial charge in [0.1, 0.15) is 0 Å². The molecule has 1 saturated heterocycles. The Morgan fingerprint density at radius 1 is 0.434 bits per heavy atom. The van der Waals surface area contributed by atoms with Gasteiger partial charge in [-0.15, -0.1) is 0 Å². The lowest BCUT2D eigenvalue weighted by molar-refractivity contribution is -0.155. The summed E-state index contributed by atoms with van der Waals surface area (Å²) >= 11 is 0. The van der Waals surface area contributed by atoms with E-state index in [1.54, 1.807) is 0 Å². The van der Waals surface area contributed by atoms with E-state index < -0.39 is 0 Å². The predicted molar refractivity (Wildman–Crippen MR) is 237 cm³/mol. The molecule has 1 aliphatic rings. The van der Waals surface area contributed by atoms with E-state index in [4.69, 9.17) is 15.0 Å². The van der Waals surface area contributed by atoms with Crippen LogP contribution in [0.15, 0.2) is 24.3 Å². The quantitative estimate of drug-likeness (QED) is 0.0420. The molecule has 1 aliphatic heterocycles. The van der Waals surface area contributed by atoms with Crippen LogP contribution in [0.3, 0.4) is 0 Å². The van der Waals surface area contributed by atoms with Gasteiger partial charge in [-0.1, -0.05) is 245 Å². The number of nitrogens with two attached hydrogens (primary N) is 1. The van der Waals surface area contributed by atoms with Crippen molar-refractivity contribution in [2.24, 2.45) is 5.41 Å². The van der Waals surface area contributed by atoms with Gasteiger partial charge in [-0.05, 0) is 43.3 Å². The van der Waals surface area contributed by atoms with E-state index in [0.717, 1.165) is 17.8 Å². The summed E-state index contributed by atoms with van der Waals surface area (Å²) in [5, 5.41) is 0. The molecule has 2 rings (SSSR count). The summed E-state index contributed by atoms with van der Waals surface area (Å²) in [7, 11) is -0.288. The fraction of sp³-hybridized carbons (Fsp3) is 0.878. The number of benzene rings is 1. The van der Waals surface area contributed by atoms with Gasteiger partial charge >= 0.3 is 7.12 Å². The summed E-state index contributed by atoms with van der Waals surface area (Å²) in [6.45, 7) is 10.1. The molecule has 2 N–H and O–H groups in total. The summed E-state index contributed by atoms with van der Waals surface area (Å²) in [5.41, 5.74) is 8.10. The van der Waals surface area contributed by atoms with Crippen molar-refractivity contribution in [3.63, 3.8) is 0 Å². The van der Waals surface area contributed by atoms with Crippen molar-refractivity contribution in [3.8, 4) is 0 Å². The molecular formula is C49H92BNO2. The van der Waals surface area contributed by atoms with Crippen LogP contribution in [0.1, 0.15) is 259 Å². The summed E-state index contributed by atoms with van der Waals surface area (Å²) < 4.78 is 14.5. The molecule has 308 valence electrons.